The summed E-state index contributed by atoms with van der Waals surface area (Å²) in [4.78, 5) is 17.2. The number of oxime groups is 1. The van der Waals surface area contributed by atoms with E-state index in [1.165, 1.54) is 0 Å². The van der Waals surface area contributed by atoms with Gasteiger partial charge in [-0.05, 0) is 12.5 Å². The van der Waals surface area contributed by atoms with Gasteiger partial charge in [0.2, 0.25) is 0 Å². The fraction of sp³-hybridized carbons (Fsp3) is 0.529. The van der Waals surface area contributed by atoms with Gasteiger partial charge in [-0.25, -0.2) is 13.6 Å². The van der Waals surface area contributed by atoms with Crippen LogP contribution in [0.15, 0.2) is 35.5 Å². The monoisotopic (exact) mass is 339 g/mol. The Hall–Kier alpha value is -2.02. The number of carbonyl (C=O) groups is 1. The summed E-state index contributed by atoms with van der Waals surface area (Å²) < 4.78 is 38.4. The van der Waals surface area contributed by atoms with E-state index >= 15 is 0 Å². The number of esters is 1. The van der Waals surface area contributed by atoms with Crippen molar-refractivity contribution in [2.24, 2.45) is 11.1 Å². The molecule has 2 unspecified atom stereocenters. The molecule has 1 saturated carbocycles. The second-order valence-electron chi connectivity index (χ2n) is 6.12. The SMILES string of the molecule is CCOC(=O)C1=NOC2(COCc3ccccc3)CC(F)(F)CC12. The predicted octanol–water partition coefficient (Wildman–Crippen LogP) is 2.94. The van der Waals surface area contributed by atoms with Crippen molar-refractivity contribution < 1.29 is 27.9 Å². The van der Waals surface area contributed by atoms with Gasteiger partial charge in [-0.1, -0.05) is 35.5 Å². The first-order valence-electron chi connectivity index (χ1n) is 7.88. The molecule has 2 aliphatic rings. The maximum atomic E-state index is 13.9. The lowest BCUT2D eigenvalue weighted by molar-refractivity contribution is -0.135. The van der Waals surface area contributed by atoms with Gasteiger partial charge in [0.1, 0.15) is 0 Å². The minimum absolute atomic E-state index is 0.0610. The molecule has 1 fully saturated rings. The predicted molar refractivity (Wildman–Crippen MR) is 81.7 cm³/mol. The Bertz CT molecular complexity index is 635. The van der Waals surface area contributed by atoms with Crippen LogP contribution in [-0.4, -0.2) is 36.4 Å². The zero-order valence-corrected chi connectivity index (χ0v) is 13.3. The summed E-state index contributed by atoms with van der Waals surface area (Å²) in [6.07, 6.45) is -1.01. The summed E-state index contributed by atoms with van der Waals surface area (Å²) in [5, 5.41) is 3.73. The average Bonchev–Trinajstić information content (AvgIpc) is 2.98. The van der Waals surface area contributed by atoms with Crippen LogP contribution in [0.2, 0.25) is 0 Å². The molecule has 1 aromatic carbocycles. The van der Waals surface area contributed by atoms with Gasteiger partial charge in [-0.2, -0.15) is 0 Å². The second kappa shape index (κ2) is 6.47. The second-order valence-corrected chi connectivity index (χ2v) is 6.12. The standard InChI is InChI=1S/C17H19F2NO4/c1-2-23-15(21)14-13-8-17(18,19)10-16(13,24-20-14)11-22-9-12-6-4-3-5-7-12/h3-7,13H,2,8-11H2,1H3. The maximum absolute atomic E-state index is 13.9. The zero-order valence-electron chi connectivity index (χ0n) is 13.3. The molecule has 1 aromatic rings. The maximum Gasteiger partial charge on any atom is 0.356 e. The Morgan fingerprint density at radius 2 is 2.12 bits per heavy atom. The summed E-state index contributed by atoms with van der Waals surface area (Å²) >= 11 is 0. The van der Waals surface area contributed by atoms with Gasteiger partial charge in [-0.15, -0.1) is 0 Å². The van der Waals surface area contributed by atoms with Crippen LogP contribution >= 0.6 is 0 Å². The van der Waals surface area contributed by atoms with Crippen LogP contribution in [-0.2, 0) is 25.7 Å². The molecule has 0 aromatic heterocycles. The summed E-state index contributed by atoms with van der Waals surface area (Å²) in [6, 6.07) is 9.40. The molecule has 1 heterocycles. The smallest absolute Gasteiger partial charge is 0.356 e. The Kier molecular flexibility index (Phi) is 4.54. The zero-order chi connectivity index (χ0) is 17.2. The lowest BCUT2D eigenvalue weighted by atomic mass is 9.88. The van der Waals surface area contributed by atoms with Crippen LogP contribution < -0.4 is 0 Å². The van der Waals surface area contributed by atoms with Gasteiger partial charge in [0.25, 0.3) is 5.92 Å². The number of ether oxygens (including phenoxy) is 2. The largest absolute Gasteiger partial charge is 0.461 e. The third-order valence-corrected chi connectivity index (χ3v) is 4.29. The minimum Gasteiger partial charge on any atom is -0.461 e. The van der Waals surface area contributed by atoms with E-state index < -0.39 is 36.3 Å². The highest BCUT2D eigenvalue weighted by Gasteiger charge is 2.64. The molecule has 0 saturated heterocycles. The number of nitrogens with zero attached hydrogens (tertiary/aromatic N) is 1. The molecule has 2 atom stereocenters. The number of rotatable bonds is 6. The van der Waals surface area contributed by atoms with Gasteiger partial charge < -0.3 is 14.3 Å². The first-order valence-corrected chi connectivity index (χ1v) is 7.88. The van der Waals surface area contributed by atoms with E-state index in [1.54, 1.807) is 6.92 Å². The van der Waals surface area contributed by atoms with Crippen molar-refractivity contribution in [1.82, 2.24) is 0 Å². The molecule has 0 bridgehead atoms. The van der Waals surface area contributed by atoms with E-state index in [-0.39, 0.29) is 25.5 Å². The van der Waals surface area contributed by atoms with Crippen molar-refractivity contribution in [3.63, 3.8) is 0 Å². The summed E-state index contributed by atoms with van der Waals surface area (Å²) in [5.74, 6) is -4.44. The third kappa shape index (κ3) is 3.26. The molecular weight excluding hydrogens is 320 g/mol. The topological polar surface area (TPSA) is 57.1 Å². The Labute approximate surface area is 138 Å². The van der Waals surface area contributed by atoms with E-state index in [2.05, 4.69) is 5.16 Å². The molecule has 24 heavy (non-hydrogen) atoms. The van der Waals surface area contributed by atoms with E-state index in [0.29, 0.717) is 0 Å². The lowest BCUT2D eigenvalue weighted by Gasteiger charge is -2.26. The first kappa shape index (κ1) is 16.8. The van der Waals surface area contributed by atoms with Crippen molar-refractivity contribution >= 4 is 11.7 Å². The Balaban J connectivity index is 1.69. The molecule has 7 heteroatoms. The highest BCUT2D eigenvalue weighted by atomic mass is 19.3. The summed E-state index contributed by atoms with van der Waals surface area (Å²) in [7, 11) is 0. The van der Waals surface area contributed by atoms with Crippen molar-refractivity contribution in [2.75, 3.05) is 13.2 Å². The number of halogens is 2. The van der Waals surface area contributed by atoms with Crippen molar-refractivity contribution in [1.29, 1.82) is 0 Å². The number of hydrogen-bond acceptors (Lipinski definition) is 5. The van der Waals surface area contributed by atoms with E-state index in [9.17, 15) is 13.6 Å². The normalized spacial score (nSPS) is 27.3. The quantitative estimate of drug-likeness (QED) is 0.748. The van der Waals surface area contributed by atoms with Gasteiger partial charge in [0.15, 0.2) is 11.3 Å². The highest BCUT2D eigenvalue weighted by Crippen LogP contribution is 2.51. The van der Waals surface area contributed by atoms with Crippen LogP contribution in [0.5, 0.6) is 0 Å². The average molecular weight is 339 g/mol. The molecule has 130 valence electrons. The number of benzene rings is 1. The van der Waals surface area contributed by atoms with Gasteiger partial charge in [0.05, 0.1) is 32.2 Å². The van der Waals surface area contributed by atoms with Crippen LogP contribution in [0.4, 0.5) is 8.78 Å². The number of carbonyl (C=O) groups excluding carboxylic acids is 1. The summed E-state index contributed by atoms with van der Waals surface area (Å²) in [6.45, 7) is 2.01. The Morgan fingerprint density at radius 3 is 2.83 bits per heavy atom. The van der Waals surface area contributed by atoms with E-state index in [4.69, 9.17) is 14.3 Å². The summed E-state index contributed by atoms with van der Waals surface area (Å²) in [5.41, 5.74) is -0.447. The van der Waals surface area contributed by atoms with Crippen molar-refractivity contribution in [3.05, 3.63) is 35.9 Å². The molecule has 0 N–H and O–H groups in total. The molecule has 1 aliphatic heterocycles. The van der Waals surface area contributed by atoms with E-state index in [1.807, 2.05) is 30.3 Å². The molecule has 0 amide bonds. The molecule has 1 aliphatic carbocycles. The molecule has 3 rings (SSSR count). The van der Waals surface area contributed by atoms with Gasteiger partial charge in [0, 0.05) is 6.42 Å². The van der Waals surface area contributed by atoms with E-state index in [0.717, 1.165) is 5.56 Å². The fourth-order valence-electron chi connectivity index (χ4n) is 3.24. The fourth-order valence-corrected chi connectivity index (χ4v) is 3.24. The van der Waals surface area contributed by atoms with Crippen LogP contribution in [0.25, 0.3) is 0 Å². The Morgan fingerprint density at radius 1 is 1.38 bits per heavy atom. The number of alkyl halides is 2. The molecule has 5 nitrogen and oxygen atoms in total. The van der Waals surface area contributed by atoms with Crippen LogP contribution in [0.3, 0.4) is 0 Å². The van der Waals surface area contributed by atoms with Gasteiger partial charge in [-0.3, -0.25) is 0 Å². The highest BCUT2D eigenvalue weighted by molar-refractivity contribution is 6.37. The molecular formula is C17H19F2NO4. The van der Waals surface area contributed by atoms with Crippen LogP contribution in [0, 0.1) is 5.92 Å². The molecule has 0 radical (unpaired) electrons. The van der Waals surface area contributed by atoms with Gasteiger partial charge >= 0.3 is 5.97 Å². The van der Waals surface area contributed by atoms with Crippen LogP contribution in [0.1, 0.15) is 25.3 Å². The molecule has 0 spiro atoms. The van der Waals surface area contributed by atoms with Crippen molar-refractivity contribution in [3.8, 4) is 0 Å². The minimum atomic E-state index is -2.92. The number of fused-ring (bicyclic) bond motifs is 1. The first-order chi connectivity index (χ1) is 11.5. The lowest BCUT2D eigenvalue weighted by Crippen LogP contribution is -2.41. The van der Waals surface area contributed by atoms with Crippen molar-refractivity contribution in [2.45, 2.75) is 37.9 Å². The third-order valence-electron chi connectivity index (χ3n) is 4.29. The number of hydrogen-bond donors (Lipinski definition) is 0.